The lowest BCUT2D eigenvalue weighted by Crippen LogP contribution is -2.59. The van der Waals surface area contributed by atoms with Gasteiger partial charge in [0.05, 0.1) is 0 Å². The summed E-state index contributed by atoms with van der Waals surface area (Å²) in [6.07, 6.45) is 1.36. The van der Waals surface area contributed by atoms with Crippen molar-refractivity contribution in [2.75, 3.05) is 53.2 Å². The molecule has 4 rings (SSSR count). The van der Waals surface area contributed by atoms with E-state index in [2.05, 4.69) is 5.32 Å². The highest BCUT2D eigenvalue weighted by molar-refractivity contribution is 5.95. The maximum Gasteiger partial charge on any atom is 0.255 e. The molecular formula is C19H26ClN3O5. The molecule has 0 bridgehead atoms. The van der Waals surface area contributed by atoms with E-state index in [-0.39, 0.29) is 31.0 Å². The fourth-order valence-electron chi connectivity index (χ4n) is 3.95. The lowest BCUT2D eigenvalue weighted by atomic mass is 9.90. The van der Waals surface area contributed by atoms with E-state index in [1.165, 1.54) is 0 Å². The molecule has 0 radical (unpaired) electrons. The second kappa shape index (κ2) is 8.55. The van der Waals surface area contributed by atoms with Gasteiger partial charge in [-0.3, -0.25) is 9.59 Å². The summed E-state index contributed by atoms with van der Waals surface area (Å²) in [4.78, 5) is 29.4. The third kappa shape index (κ3) is 3.76. The van der Waals surface area contributed by atoms with Crippen LogP contribution in [0.4, 0.5) is 0 Å². The Bertz CT molecular complexity index is 730. The van der Waals surface area contributed by atoms with Gasteiger partial charge < -0.3 is 29.3 Å². The van der Waals surface area contributed by atoms with Crippen molar-refractivity contribution in [3.63, 3.8) is 0 Å². The van der Waals surface area contributed by atoms with Gasteiger partial charge in [0.1, 0.15) is 5.60 Å². The van der Waals surface area contributed by atoms with Crippen molar-refractivity contribution in [1.29, 1.82) is 0 Å². The number of nitrogens with zero attached hydrogens (tertiary/aromatic N) is 2. The highest BCUT2D eigenvalue weighted by Crippen LogP contribution is 2.33. The number of hydrogen-bond donors (Lipinski definition) is 1. The number of hydrogen-bond acceptors (Lipinski definition) is 6. The van der Waals surface area contributed by atoms with Gasteiger partial charge in [0.2, 0.25) is 6.79 Å². The molecule has 0 unspecified atom stereocenters. The number of rotatable bonds is 3. The molecule has 8 nitrogen and oxygen atoms in total. The molecule has 2 saturated heterocycles. The highest BCUT2D eigenvalue weighted by Gasteiger charge is 2.43. The second-order valence-electron chi connectivity index (χ2n) is 7.10. The van der Waals surface area contributed by atoms with Gasteiger partial charge in [-0.2, -0.15) is 0 Å². The molecule has 1 aromatic rings. The van der Waals surface area contributed by atoms with Gasteiger partial charge in [-0.15, -0.1) is 12.4 Å². The largest absolute Gasteiger partial charge is 0.454 e. The number of piperidine rings is 1. The van der Waals surface area contributed by atoms with Crippen LogP contribution in [0.1, 0.15) is 23.2 Å². The molecule has 28 heavy (non-hydrogen) atoms. The summed E-state index contributed by atoms with van der Waals surface area (Å²) in [5.74, 6) is 1.25. The van der Waals surface area contributed by atoms with E-state index in [1.54, 1.807) is 30.2 Å². The van der Waals surface area contributed by atoms with Crippen LogP contribution in [0.3, 0.4) is 0 Å². The van der Waals surface area contributed by atoms with E-state index in [0.717, 1.165) is 13.1 Å². The first-order valence-corrected chi connectivity index (χ1v) is 9.37. The van der Waals surface area contributed by atoms with Crippen LogP contribution >= 0.6 is 12.4 Å². The van der Waals surface area contributed by atoms with Crippen molar-refractivity contribution in [2.24, 2.45) is 0 Å². The maximum atomic E-state index is 13.0. The number of carbonyl (C=O) groups excluding carboxylic acids is 2. The summed E-state index contributed by atoms with van der Waals surface area (Å²) in [6.45, 7) is 3.81. The van der Waals surface area contributed by atoms with Crippen molar-refractivity contribution in [2.45, 2.75) is 18.4 Å². The number of benzene rings is 1. The Balaban J connectivity index is 0.00000225. The van der Waals surface area contributed by atoms with Gasteiger partial charge in [0.25, 0.3) is 11.8 Å². The standard InChI is InChI=1S/C19H25N3O5.ClH/c1-25-19(4-6-20-7-5-19)18(24)22-10-8-21(9-11-22)17(23)14-2-3-15-16(12-14)27-13-26-15;/h2-3,12,20H,4-11,13H2,1H3;1H. The van der Waals surface area contributed by atoms with E-state index in [9.17, 15) is 9.59 Å². The Labute approximate surface area is 170 Å². The van der Waals surface area contributed by atoms with Crippen LogP contribution in [-0.2, 0) is 9.53 Å². The Morgan fingerprint density at radius 2 is 1.68 bits per heavy atom. The number of carbonyl (C=O) groups is 2. The molecule has 9 heteroatoms. The van der Waals surface area contributed by atoms with E-state index >= 15 is 0 Å². The van der Waals surface area contributed by atoms with Gasteiger partial charge >= 0.3 is 0 Å². The molecule has 154 valence electrons. The Morgan fingerprint density at radius 1 is 1.04 bits per heavy atom. The van der Waals surface area contributed by atoms with Crippen LogP contribution in [0.25, 0.3) is 0 Å². The van der Waals surface area contributed by atoms with E-state index in [4.69, 9.17) is 14.2 Å². The zero-order chi connectivity index (χ0) is 18.9. The monoisotopic (exact) mass is 411 g/mol. The number of amides is 2. The van der Waals surface area contributed by atoms with Gasteiger partial charge in [-0.1, -0.05) is 0 Å². The molecule has 0 spiro atoms. The number of piperazine rings is 1. The molecule has 3 aliphatic heterocycles. The summed E-state index contributed by atoms with van der Waals surface area (Å²) in [7, 11) is 1.61. The average Bonchev–Trinajstić information content (AvgIpc) is 3.21. The molecule has 0 saturated carbocycles. The summed E-state index contributed by atoms with van der Waals surface area (Å²) in [5.41, 5.74) is -0.153. The fraction of sp³-hybridized carbons (Fsp3) is 0.579. The first kappa shape index (κ1) is 20.7. The van der Waals surface area contributed by atoms with E-state index < -0.39 is 5.60 Å². The third-order valence-corrected chi connectivity index (χ3v) is 5.67. The average molecular weight is 412 g/mol. The molecule has 0 atom stereocenters. The van der Waals surface area contributed by atoms with Crippen molar-refractivity contribution in [3.05, 3.63) is 23.8 Å². The first-order chi connectivity index (χ1) is 13.1. The SMILES string of the molecule is COC1(C(=O)N2CCN(C(=O)c3ccc4c(c3)OCO4)CC2)CCNCC1.Cl. The molecule has 2 fully saturated rings. The number of fused-ring (bicyclic) bond motifs is 1. The number of halogens is 1. The van der Waals surface area contributed by atoms with E-state index in [0.29, 0.717) is 56.1 Å². The van der Waals surface area contributed by atoms with Crippen molar-refractivity contribution >= 4 is 24.2 Å². The number of methoxy groups -OCH3 is 1. The van der Waals surface area contributed by atoms with Crippen molar-refractivity contribution in [1.82, 2.24) is 15.1 Å². The Morgan fingerprint density at radius 3 is 2.36 bits per heavy atom. The zero-order valence-corrected chi connectivity index (χ0v) is 16.8. The lowest BCUT2D eigenvalue weighted by Gasteiger charge is -2.42. The fourth-order valence-corrected chi connectivity index (χ4v) is 3.95. The first-order valence-electron chi connectivity index (χ1n) is 9.37. The minimum Gasteiger partial charge on any atom is -0.454 e. The summed E-state index contributed by atoms with van der Waals surface area (Å²) >= 11 is 0. The minimum atomic E-state index is -0.727. The summed E-state index contributed by atoms with van der Waals surface area (Å²) < 4.78 is 16.3. The second-order valence-corrected chi connectivity index (χ2v) is 7.10. The topological polar surface area (TPSA) is 80.3 Å². The number of ether oxygens (including phenoxy) is 3. The van der Waals surface area contributed by atoms with Crippen molar-refractivity contribution < 1.29 is 23.8 Å². The molecule has 3 aliphatic rings. The van der Waals surface area contributed by atoms with Crippen LogP contribution in [-0.4, -0.2) is 80.4 Å². The minimum absolute atomic E-state index is 0. The van der Waals surface area contributed by atoms with Gasteiger partial charge in [0.15, 0.2) is 11.5 Å². The highest BCUT2D eigenvalue weighted by atomic mass is 35.5. The molecule has 1 aromatic carbocycles. The van der Waals surface area contributed by atoms with Crippen LogP contribution in [0.15, 0.2) is 18.2 Å². The predicted octanol–water partition coefficient (Wildman–Crippen LogP) is 0.890. The normalized spacial score (nSPS) is 20.5. The van der Waals surface area contributed by atoms with E-state index in [1.807, 2.05) is 4.90 Å². The molecular weight excluding hydrogens is 386 g/mol. The zero-order valence-electron chi connectivity index (χ0n) is 15.9. The van der Waals surface area contributed by atoms with Gasteiger partial charge in [-0.05, 0) is 44.1 Å². The molecule has 0 aromatic heterocycles. The number of nitrogens with one attached hydrogen (secondary N) is 1. The summed E-state index contributed by atoms with van der Waals surface area (Å²) in [5, 5.41) is 3.27. The molecule has 0 aliphatic carbocycles. The summed E-state index contributed by atoms with van der Waals surface area (Å²) in [6, 6.07) is 5.23. The van der Waals surface area contributed by atoms with Crippen LogP contribution < -0.4 is 14.8 Å². The predicted molar refractivity (Wildman–Crippen MR) is 104 cm³/mol. The van der Waals surface area contributed by atoms with Gasteiger partial charge in [-0.25, -0.2) is 0 Å². The smallest absolute Gasteiger partial charge is 0.255 e. The van der Waals surface area contributed by atoms with Crippen LogP contribution in [0.5, 0.6) is 11.5 Å². The quantitative estimate of drug-likeness (QED) is 0.795. The molecule has 1 N–H and O–H groups in total. The lowest BCUT2D eigenvalue weighted by molar-refractivity contribution is -0.159. The third-order valence-electron chi connectivity index (χ3n) is 5.67. The van der Waals surface area contributed by atoms with Gasteiger partial charge in [0, 0.05) is 38.9 Å². The van der Waals surface area contributed by atoms with Crippen LogP contribution in [0, 0.1) is 0 Å². The molecule has 2 amide bonds. The Kier molecular flexibility index (Phi) is 6.32. The maximum absolute atomic E-state index is 13.0. The molecule has 3 heterocycles. The van der Waals surface area contributed by atoms with Crippen LogP contribution in [0.2, 0.25) is 0 Å². The van der Waals surface area contributed by atoms with Crippen molar-refractivity contribution in [3.8, 4) is 11.5 Å². The Hall–Kier alpha value is -2.03.